The molecule has 4 nitrogen and oxygen atoms in total. The minimum absolute atomic E-state index is 0.179. The minimum Gasteiger partial charge on any atom is -0.464 e. The molecule has 118 valence electrons. The van der Waals surface area contributed by atoms with E-state index in [4.69, 9.17) is 4.42 Å². The van der Waals surface area contributed by atoms with Crippen molar-refractivity contribution in [2.24, 2.45) is 0 Å². The lowest BCUT2D eigenvalue weighted by molar-refractivity contribution is -0.132. The summed E-state index contributed by atoms with van der Waals surface area (Å²) in [5.41, 5.74) is 3.02. The van der Waals surface area contributed by atoms with Crippen LogP contribution in [0.4, 0.5) is 0 Å². The van der Waals surface area contributed by atoms with Crippen molar-refractivity contribution in [2.45, 2.75) is 32.2 Å². The van der Waals surface area contributed by atoms with E-state index in [9.17, 15) is 4.79 Å². The van der Waals surface area contributed by atoms with E-state index >= 15 is 0 Å². The van der Waals surface area contributed by atoms with Crippen LogP contribution in [0.25, 0.3) is 11.0 Å². The molecule has 0 spiro atoms. The summed E-state index contributed by atoms with van der Waals surface area (Å²) in [6, 6.07) is 6.49. The predicted molar refractivity (Wildman–Crippen MR) is 87.9 cm³/mol. The van der Waals surface area contributed by atoms with Crippen LogP contribution in [-0.4, -0.2) is 48.9 Å². The quantitative estimate of drug-likeness (QED) is 0.874. The number of likely N-dealkylation sites (N-methyl/N-ethyl adjacent to an activating group) is 1. The van der Waals surface area contributed by atoms with E-state index in [1.807, 2.05) is 31.0 Å². The molecule has 1 aliphatic rings. The Morgan fingerprint density at radius 3 is 2.82 bits per heavy atom. The maximum absolute atomic E-state index is 12.6. The fraction of sp³-hybridized carbons (Fsp3) is 0.500. The van der Waals surface area contributed by atoms with Gasteiger partial charge in [0, 0.05) is 24.0 Å². The van der Waals surface area contributed by atoms with Gasteiger partial charge < -0.3 is 14.2 Å². The number of furan rings is 1. The van der Waals surface area contributed by atoms with Crippen molar-refractivity contribution in [2.75, 3.05) is 27.2 Å². The molecule has 0 aliphatic carbocycles. The number of likely N-dealkylation sites (tertiary alicyclic amines) is 1. The predicted octanol–water partition coefficient (Wildman–Crippen LogP) is 2.84. The molecule has 1 aromatic heterocycles. The third-order valence-electron chi connectivity index (χ3n) is 4.78. The fourth-order valence-corrected chi connectivity index (χ4v) is 3.20. The number of fused-ring (bicyclic) bond motifs is 1. The molecule has 1 amide bonds. The van der Waals surface area contributed by atoms with Crippen molar-refractivity contribution in [3.8, 4) is 0 Å². The second-order valence-electron chi connectivity index (χ2n) is 6.48. The first-order valence-electron chi connectivity index (χ1n) is 7.95. The van der Waals surface area contributed by atoms with Crippen molar-refractivity contribution < 1.29 is 9.21 Å². The molecule has 0 radical (unpaired) electrons. The zero-order valence-electron chi connectivity index (χ0n) is 13.6. The second-order valence-corrected chi connectivity index (χ2v) is 6.48. The van der Waals surface area contributed by atoms with Gasteiger partial charge in [0.05, 0.1) is 12.7 Å². The maximum Gasteiger partial charge on any atom is 0.227 e. The van der Waals surface area contributed by atoms with Crippen molar-refractivity contribution in [1.82, 2.24) is 9.80 Å². The third kappa shape index (κ3) is 3.02. The Morgan fingerprint density at radius 1 is 1.36 bits per heavy atom. The standard InChI is InChI=1S/C18H24N2O2/c1-13-4-5-16-14(12-22-17(16)10-13)11-18(21)20(3)15-6-8-19(2)9-7-15/h4-5,10,12,15H,6-9,11H2,1-3H3. The van der Waals surface area contributed by atoms with Crippen molar-refractivity contribution in [1.29, 1.82) is 0 Å². The first-order valence-corrected chi connectivity index (χ1v) is 7.95. The van der Waals surface area contributed by atoms with Gasteiger partial charge in [-0.05, 0) is 51.5 Å². The molecular formula is C18H24N2O2. The molecule has 1 fully saturated rings. The largest absolute Gasteiger partial charge is 0.464 e. The molecule has 4 heteroatoms. The average molecular weight is 300 g/mol. The van der Waals surface area contributed by atoms with Crippen LogP contribution < -0.4 is 0 Å². The summed E-state index contributed by atoms with van der Waals surface area (Å²) in [7, 11) is 4.07. The van der Waals surface area contributed by atoms with Gasteiger partial charge in [-0.15, -0.1) is 0 Å². The van der Waals surface area contributed by atoms with Gasteiger partial charge in [0.2, 0.25) is 5.91 Å². The van der Waals surface area contributed by atoms with Crippen LogP contribution >= 0.6 is 0 Å². The lowest BCUT2D eigenvalue weighted by atomic mass is 10.0. The first kappa shape index (κ1) is 15.1. The number of carbonyl (C=O) groups excluding carboxylic acids is 1. The number of benzene rings is 1. The van der Waals surface area contributed by atoms with E-state index < -0.39 is 0 Å². The Labute approximate surface area is 131 Å². The lowest BCUT2D eigenvalue weighted by Crippen LogP contribution is -2.44. The van der Waals surface area contributed by atoms with Crippen LogP contribution in [0.2, 0.25) is 0 Å². The van der Waals surface area contributed by atoms with Crippen LogP contribution in [0, 0.1) is 6.92 Å². The molecule has 22 heavy (non-hydrogen) atoms. The average Bonchev–Trinajstić information content (AvgIpc) is 2.89. The number of rotatable bonds is 3. The van der Waals surface area contributed by atoms with Crippen LogP contribution in [0.15, 0.2) is 28.9 Å². The highest BCUT2D eigenvalue weighted by molar-refractivity contribution is 5.88. The van der Waals surface area contributed by atoms with Gasteiger partial charge in [0.15, 0.2) is 0 Å². The maximum atomic E-state index is 12.6. The highest BCUT2D eigenvalue weighted by Gasteiger charge is 2.24. The molecule has 0 bridgehead atoms. The van der Waals surface area contributed by atoms with Crippen LogP contribution in [0.3, 0.4) is 0 Å². The molecule has 1 aliphatic heterocycles. The number of carbonyl (C=O) groups is 1. The van der Waals surface area contributed by atoms with E-state index in [0.29, 0.717) is 12.5 Å². The lowest BCUT2D eigenvalue weighted by Gasteiger charge is -2.35. The molecule has 1 saturated heterocycles. The molecule has 2 aromatic rings. The number of piperidine rings is 1. The Morgan fingerprint density at radius 2 is 2.09 bits per heavy atom. The third-order valence-corrected chi connectivity index (χ3v) is 4.78. The SMILES string of the molecule is Cc1ccc2c(CC(=O)N(C)C3CCN(C)CC3)coc2c1. The van der Waals surface area contributed by atoms with Gasteiger partial charge >= 0.3 is 0 Å². The van der Waals surface area contributed by atoms with E-state index in [0.717, 1.165) is 42.5 Å². The number of amides is 1. The summed E-state index contributed by atoms with van der Waals surface area (Å²) >= 11 is 0. The highest BCUT2D eigenvalue weighted by atomic mass is 16.3. The van der Waals surface area contributed by atoms with Crippen LogP contribution in [0.5, 0.6) is 0 Å². The van der Waals surface area contributed by atoms with Gasteiger partial charge in [0.25, 0.3) is 0 Å². The molecule has 2 heterocycles. The van der Waals surface area contributed by atoms with E-state index in [1.165, 1.54) is 5.56 Å². The van der Waals surface area contributed by atoms with Crippen LogP contribution in [-0.2, 0) is 11.2 Å². The van der Waals surface area contributed by atoms with Gasteiger partial charge in [-0.1, -0.05) is 12.1 Å². The summed E-state index contributed by atoms with van der Waals surface area (Å²) in [4.78, 5) is 16.8. The minimum atomic E-state index is 0.179. The molecule has 1 aromatic carbocycles. The summed E-state index contributed by atoms with van der Waals surface area (Å²) in [5, 5.41) is 1.05. The number of hydrogen-bond acceptors (Lipinski definition) is 3. The smallest absolute Gasteiger partial charge is 0.227 e. The highest BCUT2D eigenvalue weighted by Crippen LogP contribution is 2.24. The monoisotopic (exact) mass is 300 g/mol. The van der Waals surface area contributed by atoms with Gasteiger partial charge in [0.1, 0.15) is 5.58 Å². The molecule has 3 rings (SSSR count). The molecular weight excluding hydrogens is 276 g/mol. The zero-order chi connectivity index (χ0) is 15.7. The molecule has 0 unspecified atom stereocenters. The van der Waals surface area contributed by atoms with E-state index in [1.54, 1.807) is 6.26 Å². The van der Waals surface area contributed by atoms with Crippen molar-refractivity contribution in [3.63, 3.8) is 0 Å². The van der Waals surface area contributed by atoms with E-state index in [2.05, 4.69) is 18.0 Å². The molecule has 0 N–H and O–H groups in total. The molecule has 0 saturated carbocycles. The van der Waals surface area contributed by atoms with Gasteiger partial charge in [-0.3, -0.25) is 4.79 Å². The number of nitrogens with zero attached hydrogens (tertiary/aromatic N) is 2. The normalized spacial score (nSPS) is 17.0. The summed E-state index contributed by atoms with van der Waals surface area (Å²) in [6.07, 6.45) is 4.26. The van der Waals surface area contributed by atoms with Crippen molar-refractivity contribution >= 4 is 16.9 Å². The number of hydrogen-bond donors (Lipinski definition) is 0. The summed E-state index contributed by atoms with van der Waals surface area (Å²) in [6.45, 7) is 4.17. The van der Waals surface area contributed by atoms with Gasteiger partial charge in [-0.25, -0.2) is 0 Å². The first-order chi connectivity index (χ1) is 10.5. The topological polar surface area (TPSA) is 36.7 Å². The fourth-order valence-electron chi connectivity index (χ4n) is 3.20. The number of aryl methyl sites for hydroxylation is 1. The Hall–Kier alpha value is -1.81. The van der Waals surface area contributed by atoms with E-state index in [-0.39, 0.29) is 5.91 Å². The Balaban J connectivity index is 1.70. The Kier molecular flexibility index (Phi) is 4.21. The summed E-state index contributed by atoms with van der Waals surface area (Å²) in [5.74, 6) is 0.179. The van der Waals surface area contributed by atoms with Gasteiger partial charge in [-0.2, -0.15) is 0 Å². The van der Waals surface area contributed by atoms with Crippen molar-refractivity contribution in [3.05, 3.63) is 35.6 Å². The molecule has 0 atom stereocenters. The summed E-state index contributed by atoms with van der Waals surface area (Å²) < 4.78 is 5.59. The Bertz CT molecular complexity index is 669. The zero-order valence-corrected chi connectivity index (χ0v) is 13.6. The van der Waals surface area contributed by atoms with Crippen LogP contribution in [0.1, 0.15) is 24.0 Å². The second kappa shape index (κ2) is 6.13.